The molecule has 1 aliphatic heterocycles. The van der Waals surface area contributed by atoms with E-state index in [0.29, 0.717) is 25.3 Å². The average molecular weight is 308 g/mol. The highest BCUT2D eigenvalue weighted by Gasteiger charge is 2.30. The maximum absolute atomic E-state index is 12.7. The molecule has 0 bridgehead atoms. The molecule has 2 N–H and O–H groups in total. The summed E-state index contributed by atoms with van der Waals surface area (Å²) in [5.74, 6) is 5.59. The number of ether oxygens (including phenoxy) is 1. The van der Waals surface area contributed by atoms with Gasteiger partial charge >= 0.3 is 0 Å². The molecule has 0 saturated carbocycles. The Morgan fingerprint density at radius 1 is 1.48 bits per heavy atom. The van der Waals surface area contributed by atoms with E-state index in [0.717, 1.165) is 6.42 Å². The third-order valence-corrected chi connectivity index (χ3v) is 5.22. The smallest absolute Gasteiger partial charge is 0.243 e. The first-order valence-corrected chi connectivity index (χ1v) is 8.42. The van der Waals surface area contributed by atoms with Crippen molar-refractivity contribution in [3.8, 4) is 11.8 Å². The maximum Gasteiger partial charge on any atom is 0.243 e. The van der Waals surface area contributed by atoms with Crippen molar-refractivity contribution in [1.82, 2.24) is 4.31 Å². The molecule has 5 nitrogen and oxygen atoms in total. The van der Waals surface area contributed by atoms with Crippen LogP contribution < -0.4 is 5.73 Å². The number of rotatable bonds is 3. The molecule has 1 aliphatic rings. The second-order valence-corrected chi connectivity index (χ2v) is 6.74. The van der Waals surface area contributed by atoms with Gasteiger partial charge in [-0.3, -0.25) is 0 Å². The second kappa shape index (κ2) is 7.05. The molecule has 6 heteroatoms. The van der Waals surface area contributed by atoms with Crippen LogP contribution in [0.4, 0.5) is 0 Å². The standard InChI is InChI=1S/C15H20N2O3S/c1-2-14-12-17(9-10-20-14)21(18,19)15-7-3-5-13(11-15)6-4-8-16/h3,5,7,11,14H,2,8-10,12,16H2,1H3. The zero-order valence-corrected chi connectivity index (χ0v) is 12.9. The van der Waals surface area contributed by atoms with Gasteiger partial charge in [-0.25, -0.2) is 8.42 Å². The SMILES string of the molecule is CCC1CN(S(=O)(=O)c2cccc(C#CCN)c2)CCO1. The first-order chi connectivity index (χ1) is 10.1. The van der Waals surface area contributed by atoms with Crippen molar-refractivity contribution in [1.29, 1.82) is 0 Å². The zero-order chi connectivity index (χ0) is 15.3. The number of sulfonamides is 1. The van der Waals surface area contributed by atoms with Crippen molar-refractivity contribution in [3.63, 3.8) is 0 Å². The Morgan fingerprint density at radius 3 is 3.00 bits per heavy atom. The van der Waals surface area contributed by atoms with Gasteiger partial charge < -0.3 is 10.5 Å². The Labute approximate surface area is 126 Å². The van der Waals surface area contributed by atoms with Gasteiger partial charge in [0.25, 0.3) is 0 Å². The molecule has 1 atom stereocenters. The fraction of sp³-hybridized carbons (Fsp3) is 0.467. The molecule has 0 amide bonds. The van der Waals surface area contributed by atoms with Crippen LogP contribution >= 0.6 is 0 Å². The number of hydrogen-bond donors (Lipinski definition) is 1. The summed E-state index contributed by atoms with van der Waals surface area (Å²) < 4.78 is 32.4. The van der Waals surface area contributed by atoms with E-state index < -0.39 is 10.0 Å². The zero-order valence-electron chi connectivity index (χ0n) is 12.1. The number of morpholine rings is 1. The van der Waals surface area contributed by atoms with E-state index in [4.69, 9.17) is 10.5 Å². The van der Waals surface area contributed by atoms with Gasteiger partial charge in [-0.05, 0) is 24.6 Å². The molecule has 1 fully saturated rings. The van der Waals surface area contributed by atoms with Crippen LogP contribution in [-0.4, -0.2) is 45.1 Å². The van der Waals surface area contributed by atoms with Gasteiger partial charge in [0.15, 0.2) is 0 Å². The lowest BCUT2D eigenvalue weighted by molar-refractivity contribution is -0.00277. The minimum atomic E-state index is -3.50. The molecule has 1 saturated heterocycles. The van der Waals surface area contributed by atoms with Crippen LogP contribution in [0.2, 0.25) is 0 Å². The third kappa shape index (κ3) is 3.83. The Morgan fingerprint density at radius 2 is 2.29 bits per heavy atom. The van der Waals surface area contributed by atoms with E-state index in [1.165, 1.54) is 4.31 Å². The highest BCUT2D eigenvalue weighted by atomic mass is 32.2. The summed E-state index contributed by atoms with van der Waals surface area (Å²) in [5.41, 5.74) is 5.99. The molecular weight excluding hydrogens is 288 g/mol. The quantitative estimate of drug-likeness (QED) is 0.838. The molecule has 114 valence electrons. The Hall–Kier alpha value is -1.39. The van der Waals surface area contributed by atoms with E-state index >= 15 is 0 Å². The van der Waals surface area contributed by atoms with Crippen molar-refractivity contribution in [3.05, 3.63) is 29.8 Å². The van der Waals surface area contributed by atoms with Gasteiger partial charge in [0.2, 0.25) is 10.0 Å². The van der Waals surface area contributed by atoms with Crippen LogP contribution in [-0.2, 0) is 14.8 Å². The second-order valence-electron chi connectivity index (χ2n) is 4.80. The van der Waals surface area contributed by atoms with Crippen LogP contribution in [0.3, 0.4) is 0 Å². The first-order valence-electron chi connectivity index (χ1n) is 6.98. The molecule has 1 unspecified atom stereocenters. The molecule has 21 heavy (non-hydrogen) atoms. The summed E-state index contributed by atoms with van der Waals surface area (Å²) in [6, 6.07) is 6.66. The number of benzene rings is 1. The monoisotopic (exact) mass is 308 g/mol. The summed E-state index contributed by atoms with van der Waals surface area (Å²) in [7, 11) is -3.50. The van der Waals surface area contributed by atoms with Crippen molar-refractivity contribution in [2.24, 2.45) is 5.73 Å². The molecule has 1 heterocycles. The Balaban J connectivity index is 2.26. The van der Waals surface area contributed by atoms with Crippen LogP contribution in [0, 0.1) is 11.8 Å². The van der Waals surface area contributed by atoms with E-state index in [1.807, 2.05) is 6.92 Å². The molecule has 0 radical (unpaired) electrons. The fourth-order valence-corrected chi connectivity index (χ4v) is 3.70. The first kappa shape index (κ1) is 16.0. The molecule has 0 aliphatic carbocycles. The van der Waals surface area contributed by atoms with E-state index in [1.54, 1.807) is 24.3 Å². The molecule has 1 aromatic carbocycles. The summed E-state index contributed by atoms with van der Waals surface area (Å²) in [6.07, 6.45) is 0.766. The van der Waals surface area contributed by atoms with Crippen LogP contribution in [0.5, 0.6) is 0 Å². The lowest BCUT2D eigenvalue weighted by Gasteiger charge is -2.31. The topological polar surface area (TPSA) is 72.6 Å². The normalized spacial score (nSPS) is 19.8. The maximum atomic E-state index is 12.7. The van der Waals surface area contributed by atoms with E-state index in [2.05, 4.69) is 11.8 Å². The van der Waals surface area contributed by atoms with Gasteiger partial charge in [0.05, 0.1) is 24.2 Å². The molecular formula is C15H20N2O3S. The van der Waals surface area contributed by atoms with Gasteiger partial charge in [-0.15, -0.1) is 0 Å². The number of nitrogens with two attached hydrogens (primary N) is 1. The molecule has 1 aromatic rings. The lowest BCUT2D eigenvalue weighted by atomic mass is 10.2. The van der Waals surface area contributed by atoms with Crippen LogP contribution in [0.25, 0.3) is 0 Å². The van der Waals surface area contributed by atoms with Crippen molar-refractivity contribution >= 4 is 10.0 Å². The Kier molecular flexibility index (Phi) is 5.37. The summed E-state index contributed by atoms with van der Waals surface area (Å²) in [5, 5.41) is 0. The van der Waals surface area contributed by atoms with Crippen molar-refractivity contribution in [2.45, 2.75) is 24.3 Å². The highest BCUT2D eigenvalue weighted by molar-refractivity contribution is 7.89. The van der Waals surface area contributed by atoms with Gasteiger partial charge in [0.1, 0.15) is 0 Å². The van der Waals surface area contributed by atoms with Crippen LogP contribution in [0.1, 0.15) is 18.9 Å². The molecule has 2 rings (SSSR count). The fourth-order valence-electron chi connectivity index (χ4n) is 2.19. The highest BCUT2D eigenvalue weighted by Crippen LogP contribution is 2.20. The molecule has 0 spiro atoms. The van der Waals surface area contributed by atoms with Crippen molar-refractivity contribution < 1.29 is 13.2 Å². The predicted octanol–water partition coefficient (Wildman–Crippen LogP) is 0.796. The molecule has 0 aromatic heterocycles. The number of nitrogens with zero attached hydrogens (tertiary/aromatic N) is 1. The minimum absolute atomic E-state index is 0.0336. The largest absolute Gasteiger partial charge is 0.375 e. The van der Waals surface area contributed by atoms with Crippen molar-refractivity contribution in [2.75, 3.05) is 26.2 Å². The number of hydrogen-bond acceptors (Lipinski definition) is 4. The Bertz CT molecular complexity index is 646. The summed E-state index contributed by atoms with van der Waals surface area (Å²) >= 11 is 0. The van der Waals surface area contributed by atoms with E-state index in [-0.39, 0.29) is 17.5 Å². The van der Waals surface area contributed by atoms with Gasteiger partial charge in [0, 0.05) is 18.7 Å². The van der Waals surface area contributed by atoms with E-state index in [9.17, 15) is 8.42 Å². The summed E-state index contributed by atoms with van der Waals surface area (Å²) in [4.78, 5) is 0.267. The lowest BCUT2D eigenvalue weighted by Crippen LogP contribution is -2.45. The van der Waals surface area contributed by atoms with Gasteiger partial charge in [-0.1, -0.05) is 24.8 Å². The summed E-state index contributed by atoms with van der Waals surface area (Å²) in [6.45, 7) is 3.46. The predicted molar refractivity (Wildman–Crippen MR) is 81.2 cm³/mol. The van der Waals surface area contributed by atoms with Crippen LogP contribution in [0.15, 0.2) is 29.2 Å². The average Bonchev–Trinajstić information content (AvgIpc) is 2.53. The minimum Gasteiger partial charge on any atom is -0.375 e. The van der Waals surface area contributed by atoms with Gasteiger partial charge in [-0.2, -0.15) is 4.31 Å². The third-order valence-electron chi connectivity index (χ3n) is 3.36.